The molecule has 11 heavy (non-hydrogen) atoms. The van der Waals surface area contributed by atoms with E-state index in [2.05, 4.69) is 12.2 Å². The molecule has 1 atom stereocenters. The van der Waals surface area contributed by atoms with Crippen LogP contribution in [0.25, 0.3) is 0 Å². The molecule has 0 spiro atoms. The summed E-state index contributed by atoms with van der Waals surface area (Å²) in [6, 6.07) is 0. The molecule has 0 bridgehead atoms. The normalized spacial score (nSPS) is 39.0. The first-order valence-corrected chi connectivity index (χ1v) is 5.12. The van der Waals surface area contributed by atoms with Crippen molar-refractivity contribution in [2.45, 2.75) is 51.0 Å². The van der Waals surface area contributed by atoms with Crippen LogP contribution < -0.4 is 5.32 Å². The number of nitrogens with one attached hydrogen (secondary N) is 1. The van der Waals surface area contributed by atoms with Gasteiger partial charge in [0.25, 0.3) is 0 Å². The SMILES string of the molecule is CCC1(C2CC2)CCCCN1. The average Bonchev–Trinajstić information content (AvgIpc) is 2.88. The molecule has 1 unspecified atom stereocenters. The molecule has 0 radical (unpaired) electrons. The number of hydrogen-bond donors (Lipinski definition) is 1. The second kappa shape index (κ2) is 2.78. The summed E-state index contributed by atoms with van der Waals surface area (Å²) < 4.78 is 0. The Morgan fingerprint density at radius 2 is 2.18 bits per heavy atom. The van der Waals surface area contributed by atoms with Crippen LogP contribution in [0.1, 0.15) is 45.4 Å². The van der Waals surface area contributed by atoms with Crippen molar-refractivity contribution in [1.29, 1.82) is 0 Å². The first-order chi connectivity index (χ1) is 5.37. The Balaban J connectivity index is 2.01. The summed E-state index contributed by atoms with van der Waals surface area (Å²) in [5, 5.41) is 3.74. The minimum Gasteiger partial charge on any atom is -0.311 e. The molecular weight excluding hydrogens is 134 g/mol. The molecule has 1 aliphatic carbocycles. The predicted octanol–water partition coefficient (Wildman–Crippen LogP) is 2.32. The molecule has 2 rings (SSSR count). The van der Waals surface area contributed by atoms with E-state index in [1.807, 2.05) is 0 Å². The smallest absolute Gasteiger partial charge is 0.0207 e. The fourth-order valence-electron chi connectivity index (χ4n) is 2.57. The van der Waals surface area contributed by atoms with E-state index in [4.69, 9.17) is 0 Å². The summed E-state index contributed by atoms with van der Waals surface area (Å²) in [6.07, 6.45) is 8.61. The lowest BCUT2D eigenvalue weighted by Crippen LogP contribution is -2.49. The molecule has 1 saturated heterocycles. The van der Waals surface area contributed by atoms with E-state index in [-0.39, 0.29) is 0 Å². The van der Waals surface area contributed by atoms with Crippen molar-refractivity contribution in [2.24, 2.45) is 5.92 Å². The highest BCUT2D eigenvalue weighted by molar-refractivity contribution is 5.01. The lowest BCUT2D eigenvalue weighted by molar-refractivity contribution is 0.212. The lowest BCUT2D eigenvalue weighted by atomic mass is 9.82. The first kappa shape index (κ1) is 7.60. The van der Waals surface area contributed by atoms with Crippen LogP contribution in [0.2, 0.25) is 0 Å². The summed E-state index contributed by atoms with van der Waals surface area (Å²) in [5.74, 6) is 1.03. The molecule has 1 nitrogen and oxygen atoms in total. The number of hydrogen-bond acceptors (Lipinski definition) is 1. The summed E-state index contributed by atoms with van der Waals surface area (Å²) in [5.41, 5.74) is 0.582. The maximum atomic E-state index is 3.74. The van der Waals surface area contributed by atoms with Crippen LogP contribution in [0, 0.1) is 5.92 Å². The summed E-state index contributed by atoms with van der Waals surface area (Å²) in [4.78, 5) is 0. The van der Waals surface area contributed by atoms with Crippen LogP contribution in [0.3, 0.4) is 0 Å². The third kappa shape index (κ3) is 1.31. The van der Waals surface area contributed by atoms with Gasteiger partial charge in [0.2, 0.25) is 0 Å². The van der Waals surface area contributed by atoms with E-state index >= 15 is 0 Å². The van der Waals surface area contributed by atoms with E-state index in [9.17, 15) is 0 Å². The van der Waals surface area contributed by atoms with Crippen LogP contribution in [0.15, 0.2) is 0 Å². The zero-order valence-corrected chi connectivity index (χ0v) is 7.53. The summed E-state index contributed by atoms with van der Waals surface area (Å²) in [6.45, 7) is 3.61. The van der Waals surface area contributed by atoms with Gasteiger partial charge in [0, 0.05) is 5.54 Å². The summed E-state index contributed by atoms with van der Waals surface area (Å²) >= 11 is 0. The van der Waals surface area contributed by atoms with Gasteiger partial charge in [0.05, 0.1) is 0 Å². The lowest BCUT2D eigenvalue weighted by Gasteiger charge is -2.38. The van der Waals surface area contributed by atoms with Gasteiger partial charge >= 0.3 is 0 Å². The highest BCUT2D eigenvalue weighted by Gasteiger charge is 2.43. The Morgan fingerprint density at radius 1 is 1.36 bits per heavy atom. The van der Waals surface area contributed by atoms with Gasteiger partial charge in [-0.2, -0.15) is 0 Å². The first-order valence-electron chi connectivity index (χ1n) is 5.12. The van der Waals surface area contributed by atoms with Gasteiger partial charge in [-0.3, -0.25) is 0 Å². The molecule has 1 heteroatoms. The highest BCUT2D eigenvalue weighted by Crippen LogP contribution is 2.45. The standard InChI is InChI=1S/C10H19N/c1-2-10(9-5-6-9)7-3-4-8-11-10/h9,11H,2-8H2,1H3. The number of rotatable bonds is 2. The maximum Gasteiger partial charge on any atom is 0.0207 e. The molecule has 0 amide bonds. The van der Waals surface area contributed by atoms with Crippen LogP contribution in [-0.4, -0.2) is 12.1 Å². The second-order valence-corrected chi connectivity index (χ2v) is 4.17. The largest absolute Gasteiger partial charge is 0.311 e. The molecule has 2 aliphatic rings. The van der Waals surface area contributed by atoms with Crippen molar-refractivity contribution in [3.63, 3.8) is 0 Å². The van der Waals surface area contributed by atoms with Crippen LogP contribution in [0.4, 0.5) is 0 Å². The Labute approximate surface area is 69.6 Å². The van der Waals surface area contributed by atoms with Crippen molar-refractivity contribution in [2.75, 3.05) is 6.54 Å². The monoisotopic (exact) mass is 153 g/mol. The zero-order valence-electron chi connectivity index (χ0n) is 7.53. The van der Waals surface area contributed by atoms with Gasteiger partial charge in [0.1, 0.15) is 0 Å². The molecular formula is C10H19N. The highest BCUT2D eigenvalue weighted by atomic mass is 15.0. The van der Waals surface area contributed by atoms with E-state index in [0.29, 0.717) is 5.54 Å². The fourth-order valence-corrected chi connectivity index (χ4v) is 2.57. The van der Waals surface area contributed by atoms with Gasteiger partial charge in [-0.15, -0.1) is 0 Å². The van der Waals surface area contributed by atoms with E-state index in [0.717, 1.165) is 5.92 Å². The molecule has 64 valence electrons. The fraction of sp³-hybridized carbons (Fsp3) is 1.00. The quantitative estimate of drug-likeness (QED) is 0.642. The van der Waals surface area contributed by atoms with Crippen LogP contribution in [-0.2, 0) is 0 Å². The van der Waals surface area contributed by atoms with Gasteiger partial charge < -0.3 is 5.32 Å². The summed E-state index contributed by atoms with van der Waals surface area (Å²) in [7, 11) is 0. The Bertz CT molecular complexity index is 132. The predicted molar refractivity (Wildman–Crippen MR) is 47.6 cm³/mol. The van der Waals surface area contributed by atoms with Crippen molar-refractivity contribution in [3.05, 3.63) is 0 Å². The molecule has 1 heterocycles. The van der Waals surface area contributed by atoms with Crippen LogP contribution >= 0.6 is 0 Å². The molecule has 0 aromatic rings. The van der Waals surface area contributed by atoms with Gasteiger partial charge in [0.15, 0.2) is 0 Å². The average molecular weight is 153 g/mol. The maximum absolute atomic E-state index is 3.74. The van der Waals surface area contributed by atoms with E-state index in [1.54, 1.807) is 0 Å². The van der Waals surface area contributed by atoms with Crippen molar-refractivity contribution < 1.29 is 0 Å². The van der Waals surface area contributed by atoms with Crippen molar-refractivity contribution in [1.82, 2.24) is 5.32 Å². The van der Waals surface area contributed by atoms with Crippen LogP contribution in [0.5, 0.6) is 0 Å². The zero-order chi connectivity index (χ0) is 7.73. The second-order valence-electron chi connectivity index (χ2n) is 4.17. The minimum absolute atomic E-state index is 0.582. The van der Waals surface area contributed by atoms with Gasteiger partial charge in [-0.25, -0.2) is 0 Å². The Kier molecular flexibility index (Phi) is 1.92. The molecule has 0 aromatic carbocycles. The Morgan fingerprint density at radius 3 is 2.64 bits per heavy atom. The molecule has 1 N–H and O–H groups in total. The molecule has 1 saturated carbocycles. The Hall–Kier alpha value is -0.0400. The topological polar surface area (TPSA) is 12.0 Å². The molecule has 0 aromatic heterocycles. The number of piperidine rings is 1. The van der Waals surface area contributed by atoms with Gasteiger partial charge in [-0.1, -0.05) is 13.3 Å². The van der Waals surface area contributed by atoms with E-state index in [1.165, 1.54) is 45.1 Å². The molecule has 1 aliphatic heterocycles. The van der Waals surface area contributed by atoms with Gasteiger partial charge in [-0.05, 0) is 44.6 Å². The third-order valence-corrected chi connectivity index (χ3v) is 3.52. The van der Waals surface area contributed by atoms with E-state index < -0.39 is 0 Å². The van der Waals surface area contributed by atoms with Crippen molar-refractivity contribution in [3.8, 4) is 0 Å². The minimum atomic E-state index is 0.582. The van der Waals surface area contributed by atoms with Crippen molar-refractivity contribution >= 4 is 0 Å². The molecule has 2 fully saturated rings. The third-order valence-electron chi connectivity index (χ3n) is 3.52.